The maximum Gasteiger partial charge on any atom is 0.306 e. The molecular weight excluding hydrogens is 1070 g/mol. The molecule has 488 valence electrons. The number of carbonyl (C=O) groups is 2. The number of rotatable bonds is 62. The summed E-state index contributed by atoms with van der Waals surface area (Å²) in [6, 6.07) is -0.913. The lowest BCUT2D eigenvalue weighted by molar-refractivity contribution is -0.870. The normalized spacial score (nSPS) is 14.3. The molecule has 0 heterocycles. The van der Waals surface area contributed by atoms with E-state index in [1.54, 1.807) is 0 Å². The van der Waals surface area contributed by atoms with Crippen LogP contribution in [0.2, 0.25) is 0 Å². The minimum Gasteiger partial charge on any atom is -0.756 e. The number of nitrogens with zero attached hydrogens (tertiary/aromatic N) is 1. The molecule has 0 aliphatic carbocycles. The predicted molar refractivity (Wildman–Crippen MR) is 367 cm³/mol. The lowest BCUT2D eigenvalue weighted by atomic mass is 10.0. The van der Waals surface area contributed by atoms with Crippen molar-refractivity contribution >= 4 is 19.7 Å². The van der Waals surface area contributed by atoms with Crippen molar-refractivity contribution < 1.29 is 37.3 Å². The summed E-state index contributed by atoms with van der Waals surface area (Å²) in [5.74, 6) is -0.584. The largest absolute Gasteiger partial charge is 0.756 e. The number of amides is 1. The Morgan fingerprint density at radius 3 is 1.16 bits per heavy atom. The Hall–Kier alpha value is -3.59. The van der Waals surface area contributed by atoms with Crippen LogP contribution in [0.1, 0.15) is 290 Å². The molecule has 1 amide bonds. The molecule has 0 rings (SSSR count). The monoisotopic (exact) mass is 1200 g/mol. The molecule has 9 nitrogen and oxygen atoms in total. The number of esters is 1. The SMILES string of the molecule is CC/C=C\C/C=C\C/C=C\C/C=C\C/C=C\CCCCCC(=O)OC(/C=C\CCCCCCCCCCCCC)C(COP(=O)([O-])OCC[N+](C)(C)C)NC(=O)CCCCCCCCCCCCC/C=C\C/C=C\C/C=C\C/C=C\CCCCC. The molecule has 3 atom stereocenters. The first-order valence-corrected chi connectivity index (χ1v) is 36.3. The van der Waals surface area contributed by atoms with Gasteiger partial charge in [-0.1, -0.05) is 277 Å². The molecule has 3 unspecified atom stereocenters. The van der Waals surface area contributed by atoms with E-state index >= 15 is 0 Å². The van der Waals surface area contributed by atoms with Crippen LogP contribution in [-0.2, 0) is 27.9 Å². The van der Waals surface area contributed by atoms with Crippen LogP contribution in [0.25, 0.3) is 0 Å². The van der Waals surface area contributed by atoms with Gasteiger partial charge in [-0.05, 0) is 122 Å². The van der Waals surface area contributed by atoms with Gasteiger partial charge in [0.1, 0.15) is 19.3 Å². The summed E-state index contributed by atoms with van der Waals surface area (Å²) in [5.41, 5.74) is 0. The number of likely N-dealkylation sites (N-methyl/N-ethyl adjacent to an activating group) is 1. The van der Waals surface area contributed by atoms with E-state index in [2.05, 4.69) is 135 Å². The van der Waals surface area contributed by atoms with Crippen molar-refractivity contribution in [3.63, 3.8) is 0 Å². The summed E-state index contributed by atoms with van der Waals surface area (Å²) in [4.78, 5) is 40.2. The first kappa shape index (κ1) is 81.4. The van der Waals surface area contributed by atoms with E-state index in [4.69, 9.17) is 13.8 Å². The number of hydrogen-bond acceptors (Lipinski definition) is 7. The second kappa shape index (κ2) is 63.4. The number of unbranched alkanes of at least 4 members (excludes halogenated alkanes) is 28. The number of quaternary nitrogens is 1. The van der Waals surface area contributed by atoms with E-state index in [1.807, 2.05) is 33.3 Å². The highest BCUT2D eigenvalue weighted by molar-refractivity contribution is 7.45. The highest BCUT2D eigenvalue weighted by Gasteiger charge is 2.27. The molecule has 0 bridgehead atoms. The van der Waals surface area contributed by atoms with Gasteiger partial charge in [-0.2, -0.15) is 0 Å². The van der Waals surface area contributed by atoms with E-state index < -0.39 is 26.6 Å². The van der Waals surface area contributed by atoms with Crippen molar-refractivity contribution in [2.24, 2.45) is 0 Å². The molecule has 0 spiro atoms. The summed E-state index contributed by atoms with van der Waals surface area (Å²) in [6.45, 7) is 6.68. The average molecular weight is 1200 g/mol. The molecule has 0 fully saturated rings. The van der Waals surface area contributed by atoms with Crippen LogP contribution in [0.5, 0.6) is 0 Å². The van der Waals surface area contributed by atoms with E-state index in [9.17, 15) is 19.0 Å². The number of nitrogens with one attached hydrogen (secondary N) is 1. The zero-order valence-electron chi connectivity index (χ0n) is 55.8. The zero-order chi connectivity index (χ0) is 62.1. The third-order valence-electron chi connectivity index (χ3n) is 14.9. The highest BCUT2D eigenvalue weighted by Crippen LogP contribution is 2.38. The van der Waals surface area contributed by atoms with Gasteiger partial charge < -0.3 is 28.5 Å². The average Bonchev–Trinajstić information content (AvgIpc) is 3.50. The summed E-state index contributed by atoms with van der Waals surface area (Å²) in [7, 11) is 1.15. The van der Waals surface area contributed by atoms with E-state index in [0.717, 1.165) is 122 Å². The van der Waals surface area contributed by atoms with Crippen molar-refractivity contribution in [1.82, 2.24) is 5.32 Å². The van der Waals surface area contributed by atoms with Gasteiger partial charge >= 0.3 is 5.97 Å². The first-order valence-electron chi connectivity index (χ1n) is 34.8. The molecule has 0 aromatic heterocycles. The summed E-state index contributed by atoms with van der Waals surface area (Å²) < 4.78 is 30.4. The van der Waals surface area contributed by atoms with Crippen LogP contribution in [0.15, 0.2) is 122 Å². The molecule has 85 heavy (non-hydrogen) atoms. The Morgan fingerprint density at radius 1 is 0.424 bits per heavy atom. The molecule has 0 aromatic carbocycles. The maximum absolute atomic E-state index is 13.6. The van der Waals surface area contributed by atoms with Gasteiger partial charge in [-0.15, -0.1) is 0 Å². The molecule has 0 saturated carbocycles. The second-order valence-electron chi connectivity index (χ2n) is 24.3. The Bertz CT molecular complexity index is 1870. The number of carbonyl (C=O) groups excluding carboxylic acids is 2. The molecule has 0 aliphatic rings. The van der Waals surface area contributed by atoms with Crippen LogP contribution in [0, 0.1) is 0 Å². The standard InChI is InChI=1S/C75H131N2O7P/c1-7-10-13-16-19-22-25-28-30-32-34-35-36-37-38-39-40-41-43-44-46-49-52-55-58-61-64-67-74(78)76-72(71-83-85(80,81)82-70-69-77(4,5)6)73(66-63-60-57-54-51-48-27-24-21-18-15-12-9-3)84-75(79)68-65-62-59-56-53-50-47-45-42-33-31-29-26-23-20-17-14-11-8-2/h11,14,19-20,22-23,28-31,34-35,37-38,42,45,50,53,63,66,72-73H,7-10,12-13,15-18,21,24-27,32-33,36,39-41,43-44,46-49,51-52,54-62,64-65,67-71H2,1-6H3,(H-,76,78,80,81)/b14-11-,22-19-,23-20-,30-28-,31-29-,35-34-,38-37-,45-42-,53-50-,66-63-. The van der Waals surface area contributed by atoms with Gasteiger partial charge in [0, 0.05) is 12.8 Å². The van der Waals surface area contributed by atoms with E-state index in [0.29, 0.717) is 23.9 Å². The number of phosphoric ester groups is 1. The molecular formula is C75H131N2O7P. The van der Waals surface area contributed by atoms with Gasteiger partial charge in [0.25, 0.3) is 7.82 Å². The number of phosphoric acid groups is 1. The number of hydrogen-bond donors (Lipinski definition) is 1. The molecule has 0 radical (unpaired) electrons. The van der Waals surface area contributed by atoms with Gasteiger partial charge in [-0.3, -0.25) is 14.2 Å². The Kier molecular flexibility index (Phi) is 60.8. The Morgan fingerprint density at radius 2 is 0.753 bits per heavy atom. The topological polar surface area (TPSA) is 114 Å². The van der Waals surface area contributed by atoms with Crippen molar-refractivity contribution in [1.29, 1.82) is 0 Å². The van der Waals surface area contributed by atoms with Gasteiger partial charge in [0.15, 0.2) is 0 Å². The number of ether oxygens (including phenoxy) is 1. The number of allylic oxidation sites excluding steroid dienone is 19. The van der Waals surface area contributed by atoms with Crippen molar-refractivity contribution in [3.05, 3.63) is 122 Å². The summed E-state index contributed by atoms with van der Waals surface area (Å²) >= 11 is 0. The minimum atomic E-state index is -4.72. The molecule has 10 heteroatoms. The molecule has 0 aliphatic heterocycles. The second-order valence-corrected chi connectivity index (χ2v) is 25.7. The lowest BCUT2D eigenvalue weighted by Crippen LogP contribution is -2.47. The van der Waals surface area contributed by atoms with Crippen LogP contribution in [0.4, 0.5) is 0 Å². The fourth-order valence-electron chi connectivity index (χ4n) is 9.53. The lowest BCUT2D eigenvalue weighted by Gasteiger charge is -2.30. The van der Waals surface area contributed by atoms with Crippen LogP contribution < -0.4 is 10.2 Å². The summed E-state index contributed by atoms with van der Waals surface area (Å²) in [5, 5.41) is 3.03. The maximum atomic E-state index is 13.6. The van der Waals surface area contributed by atoms with Crippen LogP contribution >= 0.6 is 7.82 Å². The van der Waals surface area contributed by atoms with Crippen molar-refractivity contribution in [2.75, 3.05) is 40.9 Å². The van der Waals surface area contributed by atoms with E-state index in [-0.39, 0.29) is 24.9 Å². The fourth-order valence-corrected chi connectivity index (χ4v) is 10.3. The van der Waals surface area contributed by atoms with Crippen molar-refractivity contribution in [2.45, 2.75) is 303 Å². The fraction of sp³-hybridized carbons (Fsp3) is 0.707. The third-order valence-corrected chi connectivity index (χ3v) is 15.8. The first-order chi connectivity index (χ1) is 41.4. The molecule has 0 saturated heterocycles. The van der Waals surface area contributed by atoms with Gasteiger partial charge in [0.2, 0.25) is 5.91 Å². The van der Waals surface area contributed by atoms with Gasteiger partial charge in [-0.25, -0.2) is 0 Å². The summed E-state index contributed by atoms with van der Waals surface area (Å²) in [6.07, 6.45) is 88.9. The highest BCUT2D eigenvalue weighted by atomic mass is 31.2. The van der Waals surface area contributed by atoms with Crippen molar-refractivity contribution in [3.8, 4) is 0 Å². The smallest absolute Gasteiger partial charge is 0.306 e. The van der Waals surface area contributed by atoms with E-state index in [1.165, 1.54) is 128 Å². The Labute approximate surface area is 524 Å². The third kappa shape index (κ3) is 64.7. The Balaban J connectivity index is 5.17. The quantitative estimate of drug-likeness (QED) is 0.0212. The molecule has 0 aromatic rings. The van der Waals surface area contributed by atoms with Crippen LogP contribution in [-0.4, -0.2) is 69.4 Å². The molecule has 1 N–H and O–H groups in total. The predicted octanol–water partition coefficient (Wildman–Crippen LogP) is 21.6. The zero-order valence-corrected chi connectivity index (χ0v) is 56.7. The van der Waals surface area contributed by atoms with Gasteiger partial charge in [0.05, 0.1) is 33.8 Å². The minimum absolute atomic E-state index is 0.0342. The van der Waals surface area contributed by atoms with Crippen LogP contribution in [0.3, 0.4) is 0 Å².